The molecular formula is C11H21NO3. The summed E-state index contributed by atoms with van der Waals surface area (Å²) in [5.41, 5.74) is 0. The van der Waals surface area contributed by atoms with Gasteiger partial charge >= 0.3 is 5.97 Å². The summed E-state index contributed by atoms with van der Waals surface area (Å²) >= 11 is 0. The number of rotatable bonds is 4. The molecule has 1 aliphatic heterocycles. The Morgan fingerprint density at radius 1 is 1.40 bits per heavy atom. The molecule has 0 aliphatic carbocycles. The largest absolute Gasteiger partial charge is 0.469 e. The first-order chi connectivity index (χ1) is 7.15. The van der Waals surface area contributed by atoms with Gasteiger partial charge in [-0.25, -0.2) is 0 Å². The van der Waals surface area contributed by atoms with Crippen molar-refractivity contribution in [2.24, 2.45) is 11.8 Å². The van der Waals surface area contributed by atoms with E-state index in [0.29, 0.717) is 5.92 Å². The Morgan fingerprint density at radius 3 is 2.47 bits per heavy atom. The molecule has 15 heavy (non-hydrogen) atoms. The van der Waals surface area contributed by atoms with Gasteiger partial charge in [0.05, 0.1) is 26.2 Å². The van der Waals surface area contributed by atoms with Crippen LogP contribution in [0.5, 0.6) is 0 Å². The van der Waals surface area contributed by atoms with Crippen LogP contribution in [0.15, 0.2) is 0 Å². The van der Waals surface area contributed by atoms with Crippen LogP contribution in [-0.4, -0.2) is 50.8 Å². The molecule has 0 saturated carbocycles. The third kappa shape index (κ3) is 3.80. The number of carbonyl (C=O) groups is 1. The van der Waals surface area contributed by atoms with Gasteiger partial charge in [0.2, 0.25) is 0 Å². The van der Waals surface area contributed by atoms with Crippen LogP contribution in [0, 0.1) is 11.8 Å². The maximum absolute atomic E-state index is 11.5. The highest BCUT2D eigenvalue weighted by Gasteiger charge is 2.26. The zero-order valence-electron chi connectivity index (χ0n) is 9.86. The lowest BCUT2D eigenvalue weighted by molar-refractivity contribution is -0.148. The molecule has 1 rings (SSSR count). The van der Waals surface area contributed by atoms with Crippen LogP contribution in [0.4, 0.5) is 0 Å². The van der Waals surface area contributed by atoms with E-state index < -0.39 is 0 Å². The molecule has 0 amide bonds. The van der Waals surface area contributed by atoms with Crippen LogP contribution in [0.25, 0.3) is 0 Å². The summed E-state index contributed by atoms with van der Waals surface area (Å²) in [7, 11) is 1.46. The van der Waals surface area contributed by atoms with Gasteiger partial charge in [0.1, 0.15) is 0 Å². The summed E-state index contributed by atoms with van der Waals surface area (Å²) in [5.74, 6) is 0.199. The van der Waals surface area contributed by atoms with E-state index in [-0.39, 0.29) is 11.9 Å². The Bertz CT molecular complexity index is 200. The molecule has 0 aromatic heterocycles. The summed E-state index contributed by atoms with van der Waals surface area (Å²) in [4.78, 5) is 13.8. The number of esters is 1. The standard InChI is InChI=1S/C11H21NO3/c1-9(2)10(11(13)14-3)8-12-4-6-15-7-5-12/h9-10H,4-8H2,1-3H3. The van der Waals surface area contributed by atoms with E-state index >= 15 is 0 Å². The van der Waals surface area contributed by atoms with Crippen molar-refractivity contribution in [3.8, 4) is 0 Å². The van der Waals surface area contributed by atoms with E-state index in [1.165, 1.54) is 7.11 Å². The van der Waals surface area contributed by atoms with Crippen LogP contribution < -0.4 is 0 Å². The topological polar surface area (TPSA) is 38.8 Å². The minimum Gasteiger partial charge on any atom is -0.469 e. The predicted octanol–water partition coefficient (Wildman–Crippen LogP) is 0.764. The summed E-state index contributed by atoms with van der Waals surface area (Å²) in [6.45, 7) is 8.27. The zero-order valence-corrected chi connectivity index (χ0v) is 9.86. The number of methoxy groups -OCH3 is 1. The van der Waals surface area contributed by atoms with E-state index in [2.05, 4.69) is 18.7 Å². The Balaban J connectivity index is 2.46. The second-order valence-corrected chi connectivity index (χ2v) is 4.29. The van der Waals surface area contributed by atoms with Gasteiger partial charge in [-0.15, -0.1) is 0 Å². The highest BCUT2D eigenvalue weighted by Crippen LogP contribution is 2.15. The Hall–Kier alpha value is -0.610. The highest BCUT2D eigenvalue weighted by atomic mass is 16.5. The van der Waals surface area contributed by atoms with Crippen molar-refractivity contribution in [3.63, 3.8) is 0 Å². The molecule has 1 aliphatic rings. The maximum atomic E-state index is 11.5. The molecular weight excluding hydrogens is 194 g/mol. The molecule has 0 aromatic carbocycles. The van der Waals surface area contributed by atoms with Crippen LogP contribution in [0.1, 0.15) is 13.8 Å². The van der Waals surface area contributed by atoms with Crippen LogP contribution in [0.2, 0.25) is 0 Å². The van der Waals surface area contributed by atoms with Crippen LogP contribution in [0.3, 0.4) is 0 Å². The van der Waals surface area contributed by atoms with Crippen LogP contribution >= 0.6 is 0 Å². The number of ether oxygens (including phenoxy) is 2. The molecule has 1 atom stereocenters. The van der Waals surface area contributed by atoms with Crippen molar-refractivity contribution in [2.75, 3.05) is 40.0 Å². The van der Waals surface area contributed by atoms with Crippen molar-refractivity contribution >= 4 is 5.97 Å². The third-order valence-corrected chi connectivity index (χ3v) is 2.87. The second kappa shape index (κ2) is 6.08. The van der Waals surface area contributed by atoms with E-state index in [4.69, 9.17) is 9.47 Å². The lowest BCUT2D eigenvalue weighted by atomic mass is 9.95. The summed E-state index contributed by atoms with van der Waals surface area (Å²) in [6.07, 6.45) is 0. The lowest BCUT2D eigenvalue weighted by Gasteiger charge is -2.30. The van der Waals surface area contributed by atoms with Gasteiger partial charge in [0, 0.05) is 19.6 Å². The van der Waals surface area contributed by atoms with E-state index in [1.54, 1.807) is 0 Å². The van der Waals surface area contributed by atoms with E-state index in [0.717, 1.165) is 32.8 Å². The fraction of sp³-hybridized carbons (Fsp3) is 0.909. The summed E-state index contributed by atoms with van der Waals surface area (Å²) in [6, 6.07) is 0. The molecule has 4 heteroatoms. The quantitative estimate of drug-likeness (QED) is 0.649. The van der Waals surface area contributed by atoms with Gasteiger partial charge in [-0.2, -0.15) is 0 Å². The number of carbonyl (C=O) groups excluding carboxylic acids is 1. The molecule has 1 saturated heterocycles. The van der Waals surface area contributed by atoms with Gasteiger partial charge in [0.25, 0.3) is 0 Å². The van der Waals surface area contributed by atoms with Crippen molar-refractivity contribution in [1.29, 1.82) is 0 Å². The van der Waals surface area contributed by atoms with Crippen molar-refractivity contribution in [3.05, 3.63) is 0 Å². The lowest BCUT2D eigenvalue weighted by Crippen LogP contribution is -2.42. The SMILES string of the molecule is COC(=O)C(CN1CCOCC1)C(C)C. The van der Waals surface area contributed by atoms with E-state index in [1.807, 2.05) is 0 Å². The van der Waals surface area contributed by atoms with Crippen molar-refractivity contribution in [1.82, 2.24) is 4.90 Å². The highest BCUT2D eigenvalue weighted by molar-refractivity contribution is 5.72. The fourth-order valence-corrected chi connectivity index (χ4v) is 1.77. The summed E-state index contributed by atoms with van der Waals surface area (Å²) < 4.78 is 10.1. The van der Waals surface area contributed by atoms with Gasteiger partial charge in [-0.05, 0) is 5.92 Å². The zero-order chi connectivity index (χ0) is 11.3. The molecule has 88 valence electrons. The molecule has 0 aromatic rings. The molecule has 0 spiro atoms. The molecule has 1 heterocycles. The molecule has 0 bridgehead atoms. The first kappa shape index (κ1) is 12.5. The average molecular weight is 215 g/mol. The number of morpholine rings is 1. The fourth-order valence-electron chi connectivity index (χ4n) is 1.77. The smallest absolute Gasteiger partial charge is 0.310 e. The van der Waals surface area contributed by atoms with Gasteiger partial charge in [0.15, 0.2) is 0 Å². The molecule has 0 radical (unpaired) electrons. The second-order valence-electron chi connectivity index (χ2n) is 4.29. The average Bonchev–Trinajstić information content (AvgIpc) is 2.26. The Labute approximate surface area is 91.5 Å². The summed E-state index contributed by atoms with van der Waals surface area (Å²) in [5, 5.41) is 0. The number of hydrogen-bond donors (Lipinski definition) is 0. The van der Waals surface area contributed by atoms with Crippen LogP contribution in [-0.2, 0) is 14.3 Å². The Morgan fingerprint density at radius 2 is 2.00 bits per heavy atom. The molecule has 1 unspecified atom stereocenters. The number of hydrogen-bond acceptors (Lipinski definition) is 4. The Kier molecular flexibility index (Phi) is 5.05. The maximum Gasteiger partial charge on any atom is 0.310 e. The van der Waals surface area contributed by atoms with Crippen molar-refractivity contribution < 1.29 is 14.3 Å². The van der Waals surface area contributed by atoms with Crippen molar-refractivity contribution in [2.45, 2.75) is 13.8 Å². The third-order valence-electron chi connectivity index (χ3n) is 2.87. The predicted molar refractivity (Wildman–Crippen MR) is 57.6 cm³/mol. The normalized spacial score (nSPS) is 20.3. The monoisotopic (exact) mass is 215 g/mol. The minimum atomic E-state index is -0.100. The van der Waals surface area contributed by atoms with E-state index in [9.17, 15) is 4.79 Å². The molecule has 0 N–H and O–H groups in total. The minimum absolute atomic E-state index is 0.0203. The van der Waals surface area contributed by atoms with Gasteiger partial charge < -0.3 is 9.47 Å². The van der Waals surface area contributed by atoms with Gasteiger partial charge in [-0.1, -0.05) is 13.8 Å². The first-order valence-electron chi connectivity index (χ1n) is 5.53. The number of nitrogens with zero attached hydrogens (tertiary/aromatic N) is 1. The van der Waals surface area contributed by atoms with Gasteiger partial charge in [-0.3, -0.25) is 9.69 Å². The molecule has 1 fully saturated rings. The first-order valence-corrected chi connectivity index (χ1v) is 5.53. The molecule has 4 nitrogen and oxygen atoms in total.